The van der Waals surface area contributed by atoms with Crippen molar-refractivity contribution >= 4 is 27.7 Å². The molecule has 1 aromatic rings. The number of pyridine rings is 1. The minimum Gasteiger partial charge on any atom is -0.369 e. The first-order valence-corrected chi connectivity index (χ1v) is 7.35. The zero-order valence-corrected chi connectivity index (χ0v) is 12.7. The molecule has 2 rings (SSSR count). The van der Waals surface area contributed by atoms with E-state index in [-0.39, 0.29) is 28.2 Å². The molecule has 1 saturated carbocycles. The van der Waals surface area contributed by atoms with Crippen molar-refractivity contribution in [2.75, 3.05) is 5.32 Å². The van der Waals surface area contributed by atoms with E-state index in [4.69, 9.17) is 5.73 Å². The maximum absolute atomic E-state index is 13.0. The number of aromatic nitrogens is 1. The highest BCUT2D eigenvalue weighted by atomic mass is 79.9. The number of nitrogens with two attached hydrogens (primary N) is 1. The van der Waals surface area contributed by atoms with Gasteiger partial charge in [-0.15, -0.1) is 0 Å². The van der Waals surface area contributed by atoms with Crippen LogP contribution in [-0.2, 0) is 11.0 Å². The average Bonchev–Trinajstić information content (AvgIpc) is 2.40. The molecule has 1 aliphatic carbocycles. The molecule has 1 fully saturated rings. The third kappa shape index (κ3) is 4.09. The predicted octanol–water partition coefficient (Wildman–Crippen LogP) is 3.32. The van der Waals surface area contributed by atoms with Crippen LogP contribution in [0.15, 0.2) is 16.7 Å². The molecule has 1 aromatic heterocycles. The van der Waals surface area contributed by atoms with Gasteiger partial charge in [-0.1, -0.05) is 0 Å². The summed E-state index contributed by atoms with van der Waals surface area (Å²) in [5.74, 6) is -0.692. The Bertz CT molecular complexity index is 528. The van der Waals surface area contributed by atoms with Crippen molar-refractivity contribution in [1.29, 1.82) is 0 Å². The zero-order chi connectivity index (χ0) is 15.6. The summed E-state index contributed by atoms with van der Waals surface area (Å²) in [5.41, 5.74) is 4.44. The number of rotatable bonds is 3. The molecular weight excluding hydrogens is 351 g/mol. The fourth-order valence-electron chi connectivity index (χ4n) is 2.49. The van der Waals surface area contributed by atoms with Crippen LogP contribution in [0.4, 0.5) is 19.0 Å². The molecule has 3 N–H and O–H groups in total. The molecule has 0 spiro atoms. The van der Waals surface area contributed by atoms with E-state index in [1.54, 1.807) is 0 Å². The van der Waals surface area contributed by atoms with Gasteiger partial charge in [0.25, 0.3) is 0 Å². The summed E-state index contributed by atoms with van der Waals surface area (Å²) in [5, 5.41) is 2.84. The molecule has 0 aliphatic heterocycles. The first kappa shape index (κ1) is 16.1. The summed E-state index contributed by atoms with van der Waals surface area (Å²) in [7, 11) is 0. The Morgan fingerprint density at radius 1 is 1.33 bits per heavy atom. The molecule has 0 radical (unpaired) electrons. The summed E-state index contributed by atoms with van der Waals surface area (Å²) in [6, 6.07) is 0.875. The summed E-state index contributed by atoms with van der Waals surface area (Å²) in [6.45, 7) is 0. The molecule has 0 aromatic carbocycles. The minimum atomic E-state index is -4.47. The van der Waals surface area contributed by atoms with E-state index < -0.39 is 11.7 Å². The van der Waals surface area contributed by atoms with E-state index in [0.29, 0.717) is 25.7 Å². The second kappa shape index (κ2) is 6.21. The number of hydrogen-bond donors (Lipinski definition) is 2. The number of amides is 1. The van der Waals surface area contributed by atoms with Crippen molar-refractivity contribution in [3.63, 3.8) is 0 Å². The predicted molar refractivity (Wildman–Crippen MR) is 75.5 cm³/mol. The summed E-state index contributed by atoms with van der Waals surface area (Å²) < 4.78 is 39.2. The maximum atomic E-state index is 13.0. The van der Waals surface area contributed by atoms with Crippen molar-refractivity contribution in [3.05, 3.63) is 22.3 Å². The van der Waals surface area contributed by atoms with Gasteiger partial charge in [-0.25, -0.2) is 4.98 Å². The maximum Gasteiger partial charge on any atom is 0.419 e. The first-order chi connectivity index (χ1) is 9.77. The highest BCUT2D eigenvalue weighted by Crippen LogP contribution is 2.36. The standard InChI is InChI=1S/C13H15BrF3N3O/c14-8-5-10(13(15,16)17)12(19-6-8)20-9-3-1-7(2-4-9)11(18)21/h5-7,9H,1-4H2,(H2,18,21)(H,19,20). The van der Waals surface area contributed by atoms with Gasteiger partial charge < -0.3 is 11.1 Å². The number of nitrogens with one attached hydrogen (secondary N) is 1. The topological polar surface area (TPSA) is 68.0 Å². The van der Waals surface area contributed by atoms with Crippen molar-refractivity contribution in [2.45, 2.75) is 37.9 Å². The molecule has 1 amide bonds. The number of nitrogens with zero attached hydrogens (tertiary/aromatic N) is 1. The highest BCUT2D eigenvalue weighted by Gasteiger charge is 2.35. The van der Waals surface area contributed by atoms with Gasteiger partial charge in [0.15, 0.2) is 0 Å². The lowest BCUT2D eigenvalue weighted by molar-refractivity contribution is -0.137. The van der Waals surface area contributed by atoms with E-state index in [2.05, 4.69) is 26.2 Å². The summed E-state index contributed by atoms with van der Waals surface area (Å²) >= 11 is 3.00. The van der Waals surface area contributed by atoms with Crippen LogP contribution in [-0.4, -0.2) is 16.9 Å². The Kier molecular flexibility index (Phi) is 4.75. The molecule has 4 nitrogen and oxygen atoms in total. The Balaban J connectivity index is 2.09. The van der Waals surface area contributed by atoms with Crippen LogP contribution in [0.25, 0.3) is 0 Å². The minimum absolute atomic E-state index is 0.129. The third-order valence-electron chi connectivity index (χ3n) is 3.63. The Labute approximate surface area is 128 Å². The van der Waals surface area contributed by atoms with Crippen molar-refractivity contribution in [1.82, 2.24) is 4.98 Å². The van der Waals surface area contributed by atoms with Gasteiger partial charge in [-0.05, 0) is 47.7 Å². The molecule has 0 bridgehead atoms. The Hall–Kier alpha value is -1.31. The van der Waals surface area contributed by atoms with E-state index >= 15 is 0 Å². The molecule has 0 unspecified atom stereocenters. The third-order valence-corrected chi connectivity index (χ3v) is 4.06. The van der Waals surface area contributed by atoms with E-state index in [0.717, 1.165) is 6.07 Å². The molecule has 1 aliphatic rings. The second-order valence-corrected chi connectivity index (χ2v) is 6.06. The van der Waals surface area contributed by atoms with E-state index in [1.165, 1.54) is 6.20 Å². The van der Waals surface area contributed by atoms with Gasteiger partial charge in [0, 0.05) is 22.6 Å². The fourth-order valence-corrected chi connectivity index (χ4v) is 2.82. The molecular formula is C13H15BrF3N3O. The Morgan fingerprint density at radius 2 is 1.95 bits per heavy atom. The Morgan fingerprint density at radius 3 is 2.48 bits per heavy atom. The molecule has 1 heterocycles. The number of hydrogen-bond acceptors (Lipinski definition) is 3. The molecule has 0 saturated heterocycles. The lowest BCUT2D eigenvalue weighted by Gasteiger charge is -2.28. The summed E-state index contributed by atoms with van der Waals surface area (Å²) in [6.07, 6.45) is -0.767. The molecule has 8 heteroatoms. The molecule has 116 valence electrons. The van der Waals surface area contributed by atoms with Crippen molar-refractivity contribution in [3.8, 4) is 0 Å². The number of primary amides is 1. The molecule has 21 heavy (non-hydrogen) atoms. The average molecular weight is 366 g/mol. The molecule has 0 atom stereocenters. The SMILES string of the molecule is NC(=O)C1CCC(Nc2ncc(Br)cc2C(F)(F)F)CC1. The fraction of sp³-hybridized carbons (Fsp3) is 0.538. The van der Waals surface area contributed by atoms with Gasteiger partial charge >= 0.3 is 6.18 Å². The number of halogens is 4. The first-order valence-electron chi connectivity index (χ1n) is 6.56. The van der Waals surface area contributed by atoms with Gasteiger partial charge in [0.1, 0.15) is 5.82 Å². The number of anilines is 1. The van der Waals surface area contributed by atoms with E-state index in [9.17, 15) is 18.0 Å². The number of carbonyl (C=O) groups is 1. The van der Waals surface area contributed by atoms with E-state index in [1.807, 2.05) is 0 Å². The number of carbonyl (C=O) groups excluding carboxylic acids is 1. The normalized spacial score (nSPS) is 22.9. The van der Waals surface area contributed by atoms with Gasteiger partial charge in [-0.3, -0.25) is 4.79 Å². The zero-order valence-electron chi connectivity index (χ0n) is 11.1. The van der Waals surface area contributed by atoms with Crippen LogP contribution in [0.3, 0.4) is 0 Å². The van der Waals surface area contributed by atoms with Gasteiger partial charge in [0.05, 0.1) is 5.56 Å². The largest absolute Gasteiger partial charge is 0.419 e. The van der Waals surface area contributed by atoms with Crippen molar-refractivity contribution < 1.29 is 18.0 Å². The van der Waals surface area contributed by atoms with Crippen LogP contribution < -0.4 is 11.1 Å². The quantitative estimate of drug-likeness (QED) is 0.863. The second-order valence-electron chi connectivity index (χ2n) is 5.14. The van der Waals surface area contributed by atoms with Gasteiger partial charge in [0.2, 0.25) is 5.91 Å². The van der Waals surface area contributed by atoms with Crippen LogP contribution in [0.2, 0.25) is 0 Å². The van der Waals surface area contributed by atoms with Crippen LogP contribution in [0.1, 0.15) is 31.2 Å². The smallest absolute Gasteiger partial charge is 0.369 e. The lowest BCUT2D eigenvalue weighted by atomic mass is 9.85. The van der Waals surface area contributed by atoms with Crippen LogP contribution in [0, 0.1) is 5.92 Å². The monoisotopic (exact) mass is 365 g/mol. The van der Waals surface area contributed by atoms with Crippen LogP contribution >= 0.6 is 15.9 Å². The van der Waals surface area contributed by atoms with Gasteiger partial charge in [-0.2, -0.15) is 13.2 Å². The highest BCUT2D eigenvalue weighted by molar-refractivity contribution is 9.10. The number of alkyl halides is 3. The van der Waals surface area contributed by atoms with Crippen LogP contribution in [0.5, 0.6) is 0 Å². The lowest BCUT2D eigenvalue weighted by Crippen LogP contribution is -2.33. The van der Waals surface area contributed by atoms with Crippen molar-refractivity contribution in [2.24, 2.45) is 11.7 Å². The summed E-state index contributed by atoms with van der Waals surface area (Å²) in [4.78, 5) is 14.9.